The Bertz CT molecular complexity index is 397. The van der Waals surface area contributed by atoms with Crippen LogP contribution < -0.4 is 0 Å². The maximum Gasteiger partial charge on any atom is 0.326 e. The van der Waals surface area contributed by atoms with Gasteiger partial charge in [-0.1, -0.05) is 6.92 Å². The Balaban J connectivity index is 2.08. The SMILES string of the molecule is CC1CCN(C(=O)N2CCCC(C)(O)C2)C(C(=O)O)C1. The van der Waals surface area contributed by atoms with Crippen molar-refractivity contribution >= 4 is 12.0 Å². The molecule has 0 aliphatic carbocycles. The van der Waals surface area contributed by atoms with E-state index in [1.807, 2.05) is 6.92 Å². The van der Waals surface area contributed by atoms with Crippen LogP contribution in [-0.4, -0.2) is 63.3 Å². The average molecular weight is 284 g/mol. The van der Waals surface area contributed by atoms with E-state index in [0.717, 1.165) is 12.8 Å². The molecular weight excluding hydrogens is 260 g/mol. The fraction of sp³-hybridized carbons (Fsp3) is 0.857. The zero-order chi connectivity index (χ0) is 14.9. The molecule has 3 unspecified atom stereocenters. The summed E-state index contributed by atoms with van der Waals surface area (Å²) in [5, 5.41) is 19.4. The first-order valence-corrected chi connectivity index (χ1v) is 7.31. The Kier molecular flexibility index (Phi) is 4.22. The molecule has 0 saturated carbocycles. The molecule has 0 aromatic rings. The summed E-state index contributed by atoms with van der Waals surface area (Å²) in [5.41, 5.74) is -0.865. The van der Waals surface area contributed by atoms with Crippen LogP contribution in [0.5, 0.6) is 0 Å². The molecule has 0 aromatic carbocycles. The van der Waals surface area contributed by atoms with Crippen LogP contribution in [0, 0.1) is 5.92 Å². The van der Waals surface area contributed by atoms with E-state index in [9.17, 15) is 19.8 Å². The maximum absolute atomic E-state index is 12.5. The van der Waals surface area contributed by atoms with Crippen molar-refractivity contribution in [3.63, 3.8) is 0 Å². The van der Waals surface area contributed by atoms with Crippen LogP contribution in [-0.2, 0) is 4.79 Å². The third-order valence-corrected chi connectivity index (χ3v) is 4.34. The molecule has 0 radical (unpaired) electrons. The second-order valence-electron chi connectivity index (χ2n) is 6.48. The summed E-state index contributed by atoms with van der Waals surface area (Å²) >= 11 is 0. The molecule has 2 N–H and O–H groups in total. The number of amides is 2. The minimum atomic E-state index is -0.936. The molecule has 2 fully saturated rings. The van der Waals surface area contributed by atoms with E-state index in [2.05, 4.69) is 0 Å². The highest BCUT2D eigenvalue weighted by Gasteiger charge is 2.39. The van der Waals surface area contributed by atoms with Gasteiger partial charge in [-0.2, -0.15) is 0 Å². The first-order valence-electron chi connectivity index (χ1n) is 7.31. The summed E-state index contributed by atoms with van der Waals surface area (Å²) in [6.07, 6.45) is 2.77. The smallest absolute Gasteiger partial charge is 0.326 e. The predicted octanol–water partition coefficient (Wildman–Crippen LogP) is 1.14. The lowest BCUT2D eigenvalue weighted by Crippen LogP contribution is -2.58. The van der Waals surface area contributed by atoms with Crippen molar-refractivity contribution in [1.82, 2.24) is 9.80 Å². The van der Waals surface area contributed by atoms with E-state index in [-0.39, 0.29) is 12.6 Å². The number of aliphatic hydroxyl groups is 1. The number of urea groups is 1. The second-order valence-corrected chi connectivity index (χ2v) is 6.48. The number of β-amino-alcohol motifs (C(OH)–C–C–N with tert-alkyl or cyclic N) is 1. The van der Waals surface area contributed by atoms with Crippen molar-refractivity contribution in [2.24, 2.45) is 5.92 Å². The summed E-state index contributed by atoms with van der Waals surface area (Å²) in [5.74, 6) is -0.613. The molecule has 6 nitrogen and oxygen atoms in total. The van der Waals surface area contributed by atoms with Crippen molar-refractivity contribution in [2.75, 3.05) is 19.6 Å². The summed E-state index contributed by atoms with van der Waals surface area (Å²) in [7, 11) is 0. The normalized spacial score (nSPS) is 35.0. The molecule has 2 aliphatic rings. The van der Waals surface area contributed by atoms with Gasteiger partial charge in [-0.3, -0.25) is 0 Å². The Morgan fingerprint density at radius 3 is 2.60 bits per heavy atom. The van der Waals surface area contributed by atoms with Crippen LogP contribution in [0.15, 0.2) is 0 Å². The first-order chi connectivity index (χ1) is 9.30. The van der Waals surface area contributed by atoms with Gasteiger partial charge in [0, 0.05) is 13.1 Å². The van der Waals surface area contributed by atoms with Crippen molar-refractivity contribution in [3.05, 3.63) is 0 Å². The van der Waals surface area contributed by atoms with Gasteiger partial charge in [0.05, 0.1) is 12.1 Å². The Hall–Kier alpha value is -1.30. The maximum atomic E-state index is 12.5. The second kappa shape index (κ2) is 5.60. The minimum absolute atomic E-state index is 0.246. The summed E-state index contributed by atoms with van der Waals surface area (Å²) in [6, 6.07) is -0.984. The Morgan fingerprint density at radius 1 is 1.30 bits per heavy atom. The topological polar surface area (TPSA) is 81.1 Å². The van der Waals surface area contributed by atoms with Crippen LogP contribution >= 0.6 is 0 Å². The largest absolute Gasteiger partial charge is 0.480 e. The Labute approximate surface area is 119 Å². The van der Waals surface area contributed by atoms with Crippen LogP contribution in [0.3, 0.4) is 0 Å². The number of aliphatic carboxylic acids is 1. The molecule has 2 aliphatic heterocycles. The fourth-order valence-electron chi connectivity index (χ4n) is 3.17. The van der Waals surface area contributed by atoms with E-state index in [1.165, 1.54) is 4.90 Å². The molecule has 0 spiro atoms. The zero-order valence-corrected chi connectivity index (χ0v) is 12.2. The third kappa shape index (κ3) is 3.23. The Morgan fingerprint density at radius 2 is 2.00 bits per heavy atom. The molecule has 2 saturated heterocycles. The average Bonchev–Trinajstić information content (AvgIpc) is 2.36. The predicted molar refractivity (Wildman–Crippen MR) is 73.4 cm³/mol. The first kappa shape index (κ1) is 15.1. The number of carbonyl (C=O) groups excluding carboxylic acids is 1. The lowest BCUT2D eigenvalue weighted by molar-refractivity contribution is -0.144. The number of rotatable bonds is 1. The molecular formula is C14H24N2O4. The molecule has 2 amide bonds. The number of carbonyl (C=O) groups is 2. The number of hydrogen-bond donors (Lipinski definition) is 2. The van der Waals surface area contributed by atoms with Crippen LogP contribution in [0.4, 0.5) is 4.79 Å². The van der Waals surface area contributed by atoms with Crippen LogP contribution in [0.1, 0.15) is 39.5 Å². The number of hydrogen-bond acceptors (Lipinski definition) is 3. The molecule has 20 heavy (non-hydrogen) atoms. The standard InChI is InChI=1S/C14H24N2O4/c1-10-4-7-16(11(8-10)12(17)18)13(19)15-6-3-5-14(2,20)9-15/h10-11,20H,3-9H2,1-2H3,(H,17,18). The van der Waals surface area contributed by atoms with Gasteiger partial charge in [-0.25, -0.2) is 9.59 Å². The number of carboxylic acid groups (broad SMARTS) is 1. The summed E-state index contributed by atoms with van der Waals surface area (Å²) in [6.45, 7) is 5.09. The number of likely N-dealkylation sites (tertiary alicyclic amines) is 2. The highest BCUT2D eigenvalue weighted by Crippen LogP contribution is 2.26. The van der Waals surface area contributed by atoms with Crippen LogP contribution in [0.25, 0.3) is 0 Å². The van der Waals surface area contributed by atoms with Crippen LogP contribution in [0.2, 0.25) is 0 Å². The van der Waals surface area contributed by atoms with E-state index in [1.54, 1.807) is 11.8 Å². The highest BCUT2D eigenvalue weighted by atomic mass is 16.4. The monoisotopic (exact) mass is 284 g/mol. The van der Waals surface area contributed by atoms with E-state index in [4.69, 9.17) is 0 Å². The van der Waals surface area contributed by atoms with Gasteiger partial charge in [0.25, 0.3) is 0 Å². The lowest BCUT2D eigenvalue weighted by atomic mass is 9.92. The van der Waals surface area contributed by atoms with Gasteiger partial charge in [0.1, 0.15) is 6.04 Å². The quantitative estimate of drug-likeness (QED) is 0.756. The molecule has 0 aromatic heterocycles. The highest BCUT2D eigenvalue weighted by molar-refractivity contribution is 5.83. The van der Waals surface area contributed by atoms with E-state index in [0.29, 0.717) is 31.8 Å². The van der Waals surface area contributed by atoms with Crippen molar-refractivity contribution in [1.29, 1.82) is 0 Å². The fourth-order valence-corrected chi connectivity index (χ4v) is 3.17. The molecule has 2 heterocycles. The van der Waals surface area contributed by atoms with Gasteiger partial charge >= 0.3 is 12.0 Å². The number of carboxylic acids is 1. The van der Waals surface area contributed by atoms with Crippen molar-refractivity contribution < 1.29 is 19.8 Å². The summed E-state index contributed by atoms with van der Waals surface area (Å²) < 4.78 is 0. The molecule has 114 valence electrons. The van der Waals surface area contributed by atoms with Gasteiger partial charge < -0.3 is 20.0 Å². The molecule has 3 atom stereocenters. The van der Waals surface area contributed by atoms with Gasteiger partial charge in [0.15, 0.2) is 0 Å². The number of nitrogens with zero attached hydrogens (tertiary/aromatic N) is 2. The zero-order valence-electron chi connectivity index (χ0n) is 12.2. The summed E-state index contributed by atoms with van der Waals surface area (Å²) in [4.78, 5) is 27.0. The van der Waals surface area contributed by atoms with E-state index < -0.39 is 17.6 Å². The molecule has 6 heteroatoms. The van der Waals surface area contributed by atoms with Gasteiger partial charge in [-0.15, -0.1) is 0 Å². The molecule has 2 rings (SSSR count). The van der Waals surface area contributed by atoms with Gasteiger partial charge in [-0.05, 0) is 38.5 Å². The number of piperidine rings is 2. The third-order valence-electron chi connectivity index (χ3n) is 4.34. The van der Waals surface area contributed by atoms with Gasteiger partial charge in [0.2, 0.25) is 0 Å². The lowest BCUT2D eigenvalue weighted by Gasteiger charge is -2.43. The van der Waals surface area contributed by atoms with Crippen molar-refractivity contribution in [2.45, 2.75) is 51.2 Å². The molecule has 0 bridgehead atoms. The van der Waals surface area contributed by atoms with E-state index >= 15 is 0 Å². The van der Waals surface area contributed by atoms with Crippen molar-refractivity contribution in [3.8, 4) is 0 Å². The minimum Gasteiger partial charge on any atom is -0.480 e.